The summed E-state index contributed by atoms with van der Waals surface area (Å²) in [6, 6.07) is 3.79. The fraction of sp³-hybridized carbons (Fsp3) is 0.429. The molecule has 0 bridgehead atoms. The van der Waals surface area contributed by atoms with Crippen molar-refractivity contribution in [3.63, 3.8) is 0 Å². The van der Waals surface area contributed by atoms with Crippen molar-refractivity contribution in [2.24, 2.45) is 0 Å². The van der Waals surface area contributed by atoms with Crippen LogP contribution in [0.15, 0.2) is 24.8 Å². The fourth-order valence-corrected chi connectivity index (χ4v) is 3.66. The van der Waals surface area contributed by atoms with Gasteiger partial charge in [0.2, 0.25) is 5.91 Å². The first-order valence-corrected chi connectivity index (χ1v) is 8.78. The molecule has 1 rings (SSSR count). The fourth-order valence-electron chi connectivity index (χ4n) is 1.53. The molecule has 1 aromatic heterocycles. The largest absolute Gasteiger partial charge is 0.465 e. The first-order valence-electron chi connectivity index (χ1n) is 6.43. The summed E-state index contributed by atoms with van der Waals surface area (Å²) in [6.45, 7) is 5.94. The first-order chi connectivity index (χ1) is 10.1. The maximum Gasteiger partial charge on any atom is 0.325 e. The number of carbonyl (C=O) groups excluding carboxylic acids is 2. The molecule has 4 nitrogen and oxygen atoms in total. The number of ether oxygens (including phenoxy) is 1. The van der Waals surface area contributed by atoms with E-state index in [0.29, 0.717) is 18.9 Å². The maximum absolute atomic E-state index is 12.1. The van der Waals surface area contributed by atoms with Crippen molar-refractivity contribution in [1.82, 2.24) is 4.90 Å². The predicted octanol–water partition coefficient (Wildman–Crippen LogP) is 3.21. The van der Waals surface area contributed by atoms with Crippen molar-refractivity contribution >= 4 is 46.6 Å². The Hall–Kier alpha value is -0.980. The second kappa shape index (κ2) is 9.87. The highest BCUT2D eigenvalue weighted by Crippen LogP contribution is 2.25. The number of halogens is 1. The molecule has 1 amide bonds. The molecule has 1 aromatic rings. The summed E-state index contributed by atoms with van der Waals surface area (Å²) in [4.78, 5) is 26.1. The lowest BCUT2D eigenvalue weighted by molar-refractivity contribution is -0.147. The molecule has 0 aromatic carbocycles. The summed E-state index contributed by atoms with van der Waals surface area (Å²) in [5.41, 5.74) is 0. The number of nitrogens with zero attached hydrogens (tertiary/aromatic N) is 1. The van der Waals surface area contributed by atoms with Gasteiger partial charge in [-0.1, -0.05) is 17.7 Å². The minimum Gasteiger partial charge on any atom is -0.465 e. The van der Waals surface area contributed by atoms with Crippen LogP contribution >= 0.6 is 34.7 Å². The van der Waals surface area contributed by atoms with Gasteiger partial charge in [-0.2, -0.15) is 0 Å². The molecule has 0 radical (unpaired) electrons. The van der Waals surface area contributed by atoms with Gasteiger partial charge in [-0.25, -0.2) is 0 Å². The molecular formula is C14H18ClNO3S2. The number of esters is 1. The third kappa shape index (κ3) is 7.02. The Bertz CT molecular complexity index is 490. The Morgan fingerprint density at radius 2 is 2.29 bits per heavy atom. The van der Waals surface area contributed by atoms with E-state index in [-0.39, 0.29) is 12.5 Å². The van der Waals surface area contributed by atoms with Crippen molar-refractivity contribution in [2.75, 3.05) is 25.4 Å². The van der Waals surface area contributed by atoms with Crippen LogP contribution in [0.2, 0.25) is 4.34 Å². The number of amides is 1. The average molecular weight is 348 g/mol. The van der Waals surface area contributed by atoms with Crippen molar-refractivity contribution < 1.29 is 14.3 Å². The van der Waals surface area contributed by atoms with Crippen molar-refractivity contribution in [1.29, 1.82) is 0 Å². The van der Waals surface area contributed by atoms with Crippen molar-refractivity contribution in [3.05, 3.63) is 34.0 Å². The molecule has 0 aliphatic rings. The van der Waals surface area contributed by atoms with E-state index in [2.05, 4.69) is 6.58 Å². The highest BCUT2D eigenvalue weighted by atomic mass is 35.5. The molecule has 0 aliphatic heterocycles. The van der Waals surface area contributed by atoms with Gasteiger partial charge in [-0.15, -0.1) is 29.7 Å². The van der Waals surface area contributed by atoms with E-state index < -0.39 is 5.97 Å². The standard InChI is InChI=1S/C14H18ClNO3S2/c1-3-7-16(8-14(18)19-4-2)13(17)10-20-9-11-5-6-12(15)21-11/h3,5-6H,1,4,7-10H2,2H3. The molecule has 0 N–H and O–H groups in total. The van der Waals surface area contributed by atoms with E-state index in [1.165, 1.54) is 28.0 Å². The molecule has 1 heterocycles. The zero-order valence-corrected chi connectivity index (χ0v) is 14.2. The molecule has 7 heteroatoms. The second-order valence-corrected chi connectivity index (χ2v) is 6.85. The Kier molecular flexibility index (Phi) is 8.49. The van der Waals surface area contributed by atoms with E-state index >= 15 is 0 Å². The number of thiophene rings is 1. The van der Waals surface area contributed by atoms with E-state index in [1.807, 2.05) is 12.1 Å². The number of hydrogen-bond acceptors (Lipinski definition) is 5. The third-order valence-corrected chi connectivity index (χ3v) is 4.81. The number of carbonyl (C=O) groups is 2. The quantitative estimate of drug-likeness (QED) is 0.508. The predicted molar refractivity (Wildman–Crippen MR) is 88.9 cm³/mol. The zero-order valence-electron chi connectivity index (χ0n) is 11.8. The van der Waals surface area contributed by atoms with Crippen LogP contribution in [0, 0.1) is 0 Å². The molecule has 0 unspecified atom stereocenters. The monoisotopic (exact) mass is 347 g/mol. The molecule has 0 saturated carbocycles. The molecule has 116 valence electrons. The van der Waals surface area contributed by atoms with Crippen LogP contribution in [-0.2, 0) is 20.1 Å². The molecule has 0 atom stereocenters. The summed E-state index contributed by atoms with van der Waals surface area (Å²) in [5, 5.41) is 0. The van der Waals surface area contributed by atoms with Crippen molar-refractivity contribution in [2.45, 2.75) is 12.7 Å². The van der Waals surface area contributed by atoms with Crippen LogP contribution in [0.25, 0.3) is 0 Å². The maximum atomic E-state index is 12.1. The average Bonchev–Trinajstić information content (AvgIpc) is 2.84. The molecule has 0 saturated heterocycles. The van der Waals surface area contributed by atoms with Gasteiger partial charge in [0, 0.05) is 17.2 Å². The molecular weight excluding hydrogens is 330 g/mol. The summed E-state index contributed by atoms with van der Waals surface area (Å²) in [5.74, 6) is 0.533. The van der Waals surface area contributed by atoms with Crippen molar-refractivity contribution in [3.8, 4) is 0 Å². The lowest BCUT2D eigenvalue weighted by Crippen LogP contribution is -2.37. The Morgan fingerprint density at radius 3 is 2.86 bits per heavy atom. The topological polar surface area (TPSA) is 46.6 Å². The molecule has 0 fully saturated rings. The normalized spacial score (nSPS) is 10.2. The van der Waals surface area contributed by atoms with Gasteiger partial charge in [-0.3, -0.25) is 9.59 Å². The summed E-state index contributed by atoms with van der Waals surface area (Å²) in [7, 11) is 0. The summed E-state index contributed by atoms with van der Waals surface area (Å²) >= 11 is 8.85. The van der Waals surface area contributed by atoms with Gasteiger partial charge >= 0.3 is 5.97 Å². The summed E-state index contributed by atoms with van der Waals surface area (Å²) in [6.07, 6.45) is 1.60. The Morgan fingerprint density at radius 1 is 1.52 bits per heavy atom. The minimum atomic E-state index is -0.400. The third-order valence-electron chi connectivity index (χ3n) is 2.43. The van der Waals surface area contributed by atoms with Gasteiger partial charge in [-0.05, 0) is 19.1 Å². The van der Waals surface area contributed by atoms with E-state index in [9.17, 15) is 9.59 Å². The zero-order chi connectivity index (χ0) is 15.7. The Balaban J connectivity index is 2.41. The number of hydrogen-bond donors (Lipinski definition) is 0. The van der Waals surface area contributed by atoms with E-state index in [0.717, 1.165) is 15.0 Å². The highest BCUT2D eigenvalue weighted by Gasteiger charge is 2.16. The van der Waals surface area contributed by atoms with Gasteiger partial charge in [0.15, 0.2) is 0 Å². The smallest absolute Gasteiger partial charge is 0.325 e. The molecule has 21 heavy (non-hydrogen) atoms. The van der Waals surface area contributed by atoms with Crippen LogP contribution in [0.3, 0.4) is 0 Å². The van der Waals surface area contributed by atoms with Crippen LogP contribution < -0.4 is 0 Å². The van der Waals surface area contributed by atoms with Crippen LogP contribution in [-0.4, -0.2) is 42.2 Å². The molecule has 0 spiro atoms. The van der Waals surface area contributed by atoms with Gasteiger partial charge in [0.05, 0.1) is 16.7 Å². The SMILES string of the molecule is C=CCN(CC(=O)OCC)C(=O)CSCc1ccc(Cl)s1. The highest BCUT2D eigenvalue weighted by molar-refractivity contribution is 7.99. The van der Waals surface area contributed by atoms with Gasteiger partial charge < -0.3 is 9.64 Å². The summed E-state index contributed by atoms with van der Waals surface area (Å²) < 4.78 is 5.60. The number of thioether (sulfide) groups is 1. The first kappa shape index (κ1) is 18.1. The van der Waals surface area contributed by atoms with E-state index in [4.69, 9.17) is 16.3 Å². The number of rotatable bonds is 9. The van der Waals surface area contributed by atoms with Gasteiger partial charge in [0.25, 0.3) is 0 Å². The van der Waals surface area contributed by atoms with Crippen LogP contribution in [0.4, 0.5) is 0 Å². The van der Waals surface area contributed by atoms with Crippen LogP contribution in [0.1, 0.15) is 11.8 Å². The Labute approximate surface area is 138 Å². The molecule has 0 aliphatic carbocycles. The minimum absolute atomic E-state index is 0.0376. The lowest BCUT2D eigenvalue weighted by atomic mass is 10.4. The van der Waals surface area contributed by atoms with Gasteiger partial charge in [0.1, 0.15) is 6.54 Å². The van der Waals surface area contributed by atoms with Crippen LogP contribution in [0.5, 0.6) is 0 Å². The second-order valence-electron chi connectivity index (χ2n) is 4.07. The van der Waals surface area contributed by atoms with E-state index in [1.54, 1.807) is 13.0 Å². The lowest BCUT2D eigenvalue weighted by Gasteiger charge is -2.19.